The molecule has 1 rings (SSSR count). The normalized spacial score (nSPS) is 12.6. The highest BCUT2D eigenvalue weighted by Gasteiger charge is 2.18. The molecule has 0 spiro atoms. The molecule has 102 valence electrons. The van der Waals surface area contributed by atoms with Crippen molar-refractivity contribution >= 4 is 37.1 Å². The van der Waals surface area contributed by atoms with E-state index in [2.05, 4.69) is 4.72 Å². The third-order valence-corrected chi connectivity index (χ3v) is 4.90. The first-order valence-corrected chi connectivity index (χ1v) is 8.76. The van der Waals surface area contributed by atoms with Crippen molar-refractivity contribution in [1.29, 1.82) is 0 Å². The van der Waals surface area contributed by atoms with Gasteiger partial charge in [-0.2, -0.15) is 0 Å². The van der Waals surface area contributed by atoms with Crippen LogP contribution in [0, 0.1) is 0 Å². The number of halogens is 1. The molecular weight excluding hydrogens is 300 g/mol. The molecular formula is C9H13ClN2O4S2. The third kappa shape index (κ3) is 4.45. The molecule has 0 aliphatic heterocycles. The van der Waals surface area contributed by atoms with Crippen molar-refractivity contribution in [2.75, 3.05) is 24.3 Å². The Morgan fingerprint density at radius 1 is 1.28 bits per heavy atom. The van der Waals surface area contributed by atoms with Crippen LogP contribution in [0.25, 0.3) is 0 Å². The van der Waals surface area contributed by atoms with E-state index in [9.17, 15) is 16.8 Å². The van der Waals surface area contributed by atoms with Gasteiger partial charge in [0.1, 0.15) is 14.7 Å². The van der Waals surface area contributed by atoms with Gasteiger partial charge >= 0.3 is 0 Å². The van der Waals surface area contributed by atoms with Crippen molar-refractivity contribution in [1.82, 2.24) is 4.72 Å². The van der Waals surface area contributed by atoms with Gasteiger partial charge in [0.05, 0.1) is 10.8 Å². The van der Waals surface area contributed by atoms with Gasteiger partial charge in [-0.05, 0) is 18.2 Å². The van der Waals surface area contributed by atoms with Gasteiger partial charge in [-0.25, -0.2) is 21.6 Å². The molecule has 0 aliphatic rings. The van der Waals surface area contributed by atoms with Crippen LogP contribution in [0.15, 0.2) is 23.1 Å². The fourth-order valence-electron chi connectivity index (χ4n) is 1.17. The number of nitrogen functional groups attached to an aromatic ring is 1. The van der Waals surface area contributed by atoms with Crippen LogP contribution in [0.3, 0.4) is 0 Å². The van der Waals surface area contributed by atoms with Crippen LogP contribution < -0.4 is 10.5 Å². The molecule has 0 aliphatic carbocycles. The number of rotatable bonds is 5. The fraction of sp³-hybridized carbons (Fsp3) is 0.333. The minimum atomic E-state index is -3.86. The lowest BCUT2D eigenvalue weighted by atomic mass is 10.3. The average molecular weight is 313 g/mol. The van der Waals surface area contributed by atoms with E-state index in [0.717, 1.165) is 6.26 Å². The molecule has 0 aromatic heterocycles. The summed E-state index contributed by atoms with van der Waals surface area (Å²) in [6, 6.07) is 4.05. The van der Waals surface area contributed by atoms with Crippen molar-refractivity contribution in [3.05, 3.63) is 23.2 Å². The monoisotopic (exact) mass is 312 g/mol. The molecule has 0 saturated heterocycles. The number of benzene rings is 1. The molecule has 0 heterocycles. The first-order chi connectivity index (χ1) is 8.12. The number of nitrogens with one attached hydrogen (secondary N) is 1. The first-order valence-electron chi connectivity index (χ1n) is 4.84. The van der Waals surface area contributed by atoms with E-state index in [1.807, 2.05) is 0 Å². The molecule has 3 N–H and O–H groups in total. The van der Waals surface area contributed by atoms with Gasteiger partial charge in [0.25, 0.3) is 0 Å². The maximum absolute atomic E-state index is 11.8. The molecule has 1 aromatic carbocycles. The van der Waals surface area contributed by atoms with Crippen LogP contribution in [0.5, 0.6) is 0 Å². The van der Waals surface area contributed by atoms with Crippen molar-refractivity contribution in [2.45, 2.75) is 4.90 Å². The Balaban J connectivity index is 2.90. The summed E-state index contributed by atoms with van der Waals surface area (Å²) in [5.74, 6) is -0.286. The summed E-state index contributed by atoms with van der Waals surface area (Å²) >= 11 is 5.76. The van der Waals surface area contributed by atoms with Crippen LogP contribution in [-0.2, 0) is 19.9 Å². The summed E-state index contributed by atoms with van der Waals surface area (Å²) in [5.41, 5.74) is 5.73. The highest BCUT2D eigenvalue weighted by atomic mass is 35.5. The molecule has 0 fully saturated rings. The van der Waals surface area contributed by atoms with Gasteiger partial charge in [0.2, 0.25) is 10.0 Å². The van der Waals surface area contributed by atoms with Crippen molar-refractivity contribution in [3.8, 4) is 0 Å². The van der Waals surface area contributed by atoms with Crippen LogP contribution >= 0.6 is 11.6 Å². The first kappa shape index (κ1) is 15.2. The number of sulfone groups is 1. The maximum Gasteiger partial charge on any atom is 0.242 e. The standard InChI is InChI=1S/C9H13ClN2O4S2/c1-17(13,14)5-4-12-18(15,16)9-6-7(11)2-3-8(9)10/h2-3,6,12H,4-5,11H2,1H3. The van der Waals surface area contributed by atoms with E-state index < -0.39 is 19.9 Å². The lowest BCUT2D eigenvalue weighted by molar-refractivity contribution is 0.582. The summed E-state index contributed by atoms with van der Waals surface area (Å²) in [6.45, 7) is -0.216. The molecule has 0 radical (unpaired) electrons. The Labute approximate surface area is 111 Å². The summed E-state index contributed by atoms with van der Waals surface area (Å²) in [4.78, 5) is -0.169. The second kappa shape index (κ2) is 5.43. The van der Waals surface area contributed by atoms with Gasteiger partial charge in [-0.1, -0.05) is 11.6 Å². The summed E-state index contributed by atoms with van der Waals surface area (Å²) < 4.78 is 47.6. The maximum atomic E-state index is 11.8. The van der Waals surface area contributed by atoms with Gasteiger partial charge in [-0.3, -0.25) is 0 Å². The molecule has 0 amide bonds. The molecule has 9 heteroatoms. The number of hydrogen-bond donors (Lipinski definition) is 2. The van der Waals surface area contributed by atoms with E-state index in [1.54, 1.807) is 0 Å². The SMILES string of the molecule is CS(=O)(=O)CCNS(=O)(=O)c1cc(N)ccc1Cl. The predicted molar refractivity (Wildman–Crippen MR) is 70.8 cm³/mol. The minimum Gasteiger partial charge on any atom is -0.399 e. The number of hydrogen-bond acceptors (Lipinski definition) is 5. The number of sulfonamides is 1. The second-order valence-corrected chi connectivity index (χ2v) is 8.12. The number of anilines is 1. The van der Waals surface area contributed by atoms with Gasteiger partial charge in [0.15, 0.2) is 0 Å². The molecule has 18 heavy (non-hydrogen) atoms. The Kier molecular flexibility index (Phi) is 4.60. The smallest absolute Gasteiger partial charge is 0.242 e. The van der Waals surface area contributed by atoms with E-state index in [1.165, 1.54) is 18.2 Å². The topological polar surface area (TPSA) is 106 Å². The van der Waals surface area contributed by atoms with Gasteiger partial charge in [0, 0.05) is 18.5 Å². The Morgan fingerprint density at radius 3 is 2.44 bits per heavy atom. The molecule has 0 bridgehead atoms. The fourth-order valence-corrected chi connectivity index (χ4v) is 3.33. The lowest BCUT2D eigenvalue weighted by Crippen LogP contribution is -2.29. The van der Waals surface area contributed by atoms with E-state index >= 15 is 0 Å². The molecule has 0 saturated carbocycles. The van der Waals surface area contributed by atoms with Crippen molar-refractivity contribution < 1.29 is 16.8 Å². The molecule has 1 aromatic rings. The zero-order chi connectivity index (χ0) is 14.0. The molecule has 0 unspecified atom stereocenters. The van der Waals surface area contributed by atoms with Gasteiger partial charge < -0.3 is 5.73 Å². The zero-order valence-electron chi connectivity index (χ0n) is 9.55. The Hall–Kier alpha value is -0.830. The Morgan fingerprint density at radius 2 is 1.89 bits per heavy atom. The largest absolute Gasteiger partial charge is 0.399 e. The van der Waals surface area contributed by atoms with E-state index in [4.69, 9.17) is 17.3 Å². The highest BCUT2D eigenvalue weighted by molar-refractivity contribution is 7.91. The van der Waals surface area contributed by atoms with Crippen LogP contribution in [-0.4, -0.2) is 35.4 Å². The third-order valence-electron chi connectivity index (χ3n) is 2.01. The predicted octanol–water partition coefficient (Wildman–Crippen LogP) is 0.245. The number of nitrogens with two attached hydrogens (primary N) is 1. The highest BCUT2D eigenvalue weighted by Crippen LogP contribution is 2.23. The molecule has 0 atom stereocenters. The van der Waals surface area contributed by atoms with Crippen molar-refractivity contribution in [2.24, 2.45) is 0 Å². The van der Waals surface area contributed by atoms with Crippen molar-refractivity contribution in [3.63, 3.8) is 0 Å². The second-order valence-electron chi connectivity index (χ2n) is 3.72. The van der Waals surface area contributed by atoms with Crippen LogP contribution in [0.4, 0.5) is 5.69 Å². The summed E-state index contributed by atoms with van der Waals surface area (Å²) in [7, 11) is -7.09. The van der Waals surface area contributed by atoms with Gasteiger partial charge in [-0.15, -0.1) is 0 Å². The summed E-state index contributed by atoms with van der Waals surface area (Å²) in [5, 5.41) is 0.0241. The Bertz CT molecular complexity index is 641. The zero-order valence-corrected chi connectivity index (χ0v) is 11.9. The quantitative estimate of drug-likeness (QED) is 0.758. The van der Waals surface area contributed by atoms with Crippen LogP contribution in [0.2, 0.25) is 5.02 Å². The van der Waals surface area contributed by atoms with Crippen LogP contribution in [0.1, 0.15) is 0 Å². The minimum absolute atomic E-state index is 0.0241. The summed E-state index contributed by atoms with van der Waals surface area (Å²) in [6.07, 6.45) is 1.02. The molecule has 6 nitrogen and oxygen atoms in total. The van der Waals surface area contributed by atoms with E-state index in [-0.39, 0.29) is 27.9 Å². The lowest BCUT2D eigenvalue weighted by Gasteiger charge is -2.08. The average Bonchev–Trinajstić information content (AvgIpc) is 2.19. The van der Waals surface area contributed by atoms with E-state index in [0.29, 0.717) is 0 Å².